The van der Waals surface area contributed by atoms with Crippen LogP contribution in [-0.4, -0.2) is 9.78 Å². The van der Waals surface area contributed by atoms with Gasteiger partial charge in [-0.25, -0.2) is 0 Å². The molecular formula is C15H21N3. The number of hydrogen-bond donors (Lipinski definition) is 1. The van der Waals surface area contributed by atoms with E-state index < -0.39 is 0 Å². The molecule has 0 unspecified atom stereocenters. The van der Waals surface area contributed by atoms with Crippen LogP contribution in [0, 0.1) is 6.92 Å². The van der Waals surface area contributed by atoms with Gasteiger partial charge < -0.3 is 5.73 Å². The van der Waals surface area contributed by atoms with Crippen LogP contribution >= 0.6 is 0 Å². The van der Waals surface area contributed by atoms with E-state index in [-0.39, 0.29) is 0 Å². The van der Waals surface area contributed by atoms with Crippen LogP contribution in [0.2, 0.25) is 0 Å². The minimum Gasteiger partial charge on any atom is -0.398 e. The Morgan fingerprint density at radius 2 is 1.94 bits per heavy atom. The number of benzene rings is 1. The number of hydrogen-bond acceptors (Lipinski definition) is 2. The maximum Gasteiger partial charge on any atom is 0.0703 e. The molecule has 0 aliphatic rings. The summed E-state index contributed by atoms with van der Waals surface area (Å²) in [5.74, 6) is 0. The molecule has 1 aromatic carbocycles. The van der Waals surface area contributed by atoms with Gasteiger partial charge in [0.25, 0.3) is 0 Å². The van der Waals surface area contributed by atoms with Crippen molar-refractivity contribution in [2.45, 2.75) is 33.6 Å². The fourth-order valence-electron chi connectivity index (χ4n) is 2.47. The van der Waals surface area contributed by atoms with Crippen LogP contribution in [0.3, 0.4) is 0 Å². The highest BCUT2D eigenvalue weighted by molar-refractivity contribution is 5.80. The molecule has 0 bridgehead atoms. The minimum absolute atomic E-state index is 0.831. The van der Waals surface area contributed by atoms with Crippen LogP contribution < -0.4 is 5.73 Å². The number of aryl methyl sites for hydroxylation is 3. The summed E-state index contributed by atoms with van der Waals surface area (Å²) in [6.07, 6.45) is 1.89. The summed E-state index contributed by atoms with van der Waals surface area (Å²) in [7, 11) is 2.01. The quantitative estimate of drug-likeness (QED) is 0.842. The summed E-state index contributed by atoms with van der Waals surface area (Å²) in [6.45, 7) is 6.39. The minimum atomic E-state index is 0.831. The van der Waals surface area contributed by atoms with E-state index in [2.05, 4.69) is 31.9 Å². The smallest absolute Gasteiger partial charge is 0.0703 e. The third-order valence-electron chi connectivity index (χ3n) is 3.39. The molecule has 0 saturated carbocycles. The molecule has 0 aliphatic carbocycles. The van der Waals surface area contributed by atoms with Gasteiger partial charge in [-0.2, -0.15) is 5.10 Å². The second-order valence-corrected chi connectivity index (χ2v) is 4.69. The van der Waals surface area contributed by atoms with Crippen LogP contribution in [0.15, 0.2) is 18.2 Å². The van der Waals surface area contributed by atoms with Crippen LogP contribution in [0.5, 0.6) is 0 Å². The summed E-state index contributed by atoms with van der Waals surface area (Å²) < 4.78 is 1.98. The van der Waals surface area contributed by atoms with E-state index in [0.717, 1.165) is 29.8 Å². The number of rotatable bonds is 3. The van der Waals surface area contributed by atoms with Crippen molar-refractivity contribution < 1.29 is 0 Å². The molecule has 1 heterocycles. The van der Waals surface area contributed by atoms with Gasteiger partial charge in [-0.3, -0.25) is 4.68 Å². The number of nitrogens with zero attached hydrogens (tertiary/aromatic N) is 2. The standard InChI is InChI=1S/C15H21N3/c1-5-13-15(14(6-2)18(4)17-13)11-9-10(3)7-8-12(11)16/h7-9H,5-6,16H2,1-4H3. The van der Waals surface area contributed by atoms with Gasteiger partial charge in [-0.15, -0.1) is 0 Å². The third-order valence-corrected chi connectivity index (χ3v) is 3.39. The van der Waals surface area contributed by atoms with E-state index in [1.54, 1.807) is 0 Å². The van der Waals surface area contributed by atoms with Gasteiger partial charge in [-0.1, -0.05) is 25.5 Å². The van der Waals surface area contributed by atoms with E-state index in [1.807, 2.05) is 23.9 Å². The number of aromatic nitrogens is 2. The maximum atomic E-state index is 6.14. The number of nitrogens with two attached hydrogens (primary N) is 1. The molecule has 2 rings (SSSR count). The van der Waals surface area contributed by atoms with Crippen LogP contribution in [-0.2, 0) is 19.9 Å². The van der Waals surface area contributed by atoms with Crippen LogP contribution in [0.25, 0.3) is 11.1 Å². The molecular weight excluding hydrogens is 222 g/mol. The maximum absolute atomic E-state index is 6.14. The van der Waals surface area contributed by atoms with E-state index in [9.17, 15) is 0 Å². The van der Waals surface area contributed by atoms with Gasteiger partial charge in [0.05, 0.1) is 5.69 Å². The Kier molecular flexibility index (Phi) is 3.41. The zero-order valence-corrected chi connectivity index (χ0v) is 11.6. The average Bonchev–Trinajstić information content (AvgIpc) is 2.68. The lowest BCUT2D eigenvalue weighted by Crippen LogP contribution is -1.98. The zero-order valence-electron chi connectivity index (χ0n) is 11.6. The predicted octanol–water partition coefficient (Wildman–Crippen LogP) is 3.10. The summed E-state index contributed by atoms with van der Waals surface area (Å²) in [5, 5.41) is 4.61. The largest absolute Gasteiger partial charge is 0.398 e. The molecule has 96 valence electrons. The van der Waals surface area contributed by atoms with Crippen molar-refractivity contribution in [3.63, 3.8) is 0 Å². The molecule has 0 amide bonds. The fraction of sp³-hybridized carbons (Fsp3) is 0.400. The summed E-state index contributed by atoms with van der Waals surface area (Å²) in [6, 6.07) is 6.19. The number of anilines is 1. The fourth-order valence-corrected chi connectivity index (χ4v) is 2.47. The summed E-state index contributed by atoms with van der Waals surface area (Å²) >= 11 is 0. The van der Waals surface area contributed by atoms with Crippen molar-refractivity contribution >= 4 is 5.69 Å². The molecule has 0 spiro atoms. The normalized spacial score (nSPS) is 10.9. The third kappa shape index (κ3) is 2.01. The topological polar surface area (TPSA) is 43.8 Å². The van der Waals surface area contributed by atoms with Crippen molar-refractivity contribution in [1.82, 2.24) is 9.78 Å². The average molecular weight is 243 g/mol. The van der Waals surface area contributed by atoms with E-state index in [0.29, 0.717) is 0 Å². The van der Waals surface area contributed by atoms with Crippen molar-refractivity contribution in [1.29, 1.82) is 0 Å². The van der Waals surface area contributed by atoms with E-state index in [1.165, 1.54) is 16.8 Å². The first-order valence-corrected chi connectivity index (χ1v) is 6.49. The second-order valence-electron chi connectivity index (χ2n) is 4.69. The van der Waals surface area contributed by atoms with Gasteiger partial charge >= 0.3 is 0 Å². The second kappa shape index (κ2) is 4.84. The predicted molar refractivity (Wildman–Crippen MR) is 76.5 cm³/mol. The van der Waals surface area contributed by atoms with Gasteiger partial charge in [-0.05, 0) is 31.9 Å². The molecule has 2 N–H and O–H groups in total. The lowest BCUT2D eigenvalue weighted by atomic mass is 9.97. The summed E-state index contributed by atoms with van der Waals surface area (Å²) in [5.41, 5.74) is 12.9. The molecule has 3 nitrogen and oxygen atoms in total. The Hall–Kier alpha value is -1.77. The molecule has 18 heavy (non-hydrogen) atoms. The molecule has 0 aliphatic heterocycles. The van der Waals surface area contributed by atoms with E-state index >= 15 is 0 Å². The van der Waals surface area contributed by atoms with Crippen molar-refractivity contribution in [3.05, 3.63) is 35.2 Å². The molecule has 0 fully saturated rings. The molecule has 3 heteroatoms. The highest BCUT2D eigenvalue weighted by Crippen LogP contribution is 2.33. The Morgan fingerprint density at radius 1 is 1.22 bits per heavy atom. The Balaban J connectivity index is 2.72. The lowest BCUT2D eigenvalue weighted by molar-refractivity contribution is 0.705. The molecule has 0 atom stereocenters. The number of nitrogen functional groups attached to an aromatic ring is 1. The van der Waals surface area contributed by atoms with Gasteiger partial charge in [0.2, 0.25) is 0 Å². The lowest BCUT2D eigenvalue weighted by Gasteiger charge is -2.09. The van der Waals surface area contributed by atoms with Gasteiger partial charge in [0, 0.05) is 29.6 Å². The first-order valence-electron chi connectivity index (χ1n) is 6.49. The first-order chi connectivity index (χ1) is 8.58. The van der Waals surface area contributed by atoms with Crippen LogP contribution in [0.4, 0.5) is 5.69 Å². The van der Waals surface area contributed by atoms with Gasteiger partial charge in [0.15, 0.2) is 0 Å². The first kappa shape index (κ1) is 12.7. The Labute approximate surface area is 109 Å². The Morgan fingerprint density at radius 3 is 2.56 bits per heavy atom. The highest BCUT2D eigenvalue weighted by atomic mass is 15.3. The van der Waals surface area contributed by atoms with Gasteiger partial charge in [0.1, 0.15) is 0 Å². The van der Waals surface area contributed by atoms with Crippen molar-refractivity contribution in [2.75, 3.05) is 5.73 Å². The molecule has 1 aromatic heterocycles. The monoisotopic (exact) mass is 243 g/mol. The Bertz CT molecular complexity index is 567. The SMILES string of the molecule is CCc1nn(C)c(CC)c1-c1cc(C)ccc1N. The molecule has 2 aromatic rings. The zero-order chi connectivity index (χ0) is 13.3. The summed E-state index contributed by atoms with van der Waals surface area (Å²) in [4.78, 5) is 0. The van der Waals surface area contributed by atoms with Crippen LogP contribution in [0.1, 0.15) is 30.8 Å². The van der Waals surface area contributed by atoms with Crippen molar-refractivity contribution in [2.24, 2.45) is 7.05 Å². The van der Waals surface area contributed by atoms with Crippen molar-refractivity contribution in [3.8, 4) is 11.1 Å². The van der Waals surface area contributed by atoms with E-state index in [4.69, 9.17) is 5.73 Å². The highest BCUT2D eigenvalue weighted by Gasteiger charge is 2.17. The molecule has 0 radical (unpaired) electrons. The molecule has 0 saturated heterocycles.